The number of nitrogens with zero attached hydrogens (tertiary/aromatic N) is 3. The van der Waals surface area contributed by atoms with Crippen LogP contribution in [-0.4, -0.2) is 43.4 Å². The predicted octanol–water partition coefficient (Wildman–Crippen LogP) is 3.01. The number of aryl methyl sites for hydroxylation is 1. The van der Waals surface area contributed by atoms with E-state index in [-0.39, 0.29) is 30.1 Å². The highest BCUT2D eigenvalue weighted by Crippen LogP contribution is 2.19. The van der Waals surface area contributed by atoms with Gasteiger partial charge in [0.05, 0.1) is 13.7 Å². The lowest BCUT2D eigenvalue weighted by molar-refractivity contribution is 0.0683. The van der Waals surface area contributed by atoms with Crippen LogP contribution in [0.5, 0.6) is 5.75 Å². The molecule has 0 aliphatic heterocycles. The van der Waals surface area contributed by atoms with Gasteiger partial charge in [-0.1, -0.05) is 17.3 Å². The molecule has 156 valence electrons. The zero-order valence-corrected chi connectivity index (χ0v) is 19.4. The van der Waals surface area contributed by atoms with Crippen molar-refractivity contribution < 1.29 is 14.0 Å². The molecule has 0 aliphatic carbocycles. The minimum atomic E-state index is -0.184. The van der Waals surface area contributed by atoms with Gasteiger partial charge in [-0.15, -0.1) is 24.0 Å². The molecule has 1 atom stereocenters. The molecule has 0 amide bonds. The Morgan fingerprint density at radius 1 is 1.32 bits per heavy atom. The molecule has 0 spiro atoms. The first-order valence-electron chi connectivity index (χ1n) is 9.09. The minimum absolute atomic E-state index is 0. The normalized spacial score (nSPS) is 12.2. The summed E-state index contributed by atoms with van der Waals surface area (Å²) in [6.45, 7) is 7.59. The van der Waals surface area contributed by atoms with E-state index < -0.39 is 0 Å². The van der Waals surface area contributed by atoms with Gasteiger partial charge in [-0.05, 0) is 44.4 Å². The van der Waals surface area contributed by atoms with E-state index in [1.807, 2.05) is 20.8 Å². The van der Waals surface area contributed by atoms with Crippen molar-refractivity contribution in [2.75, 3.05) is 27.3 Å². The highest BCUT2D eigenvalue weighted by molar-refractivity contribution is 14.0. The van der Waals surface area contributed by atoms with Gasteiger partial charge in [0.1, 0.15) is 11.9 Å². The number of benzene rings is 1. The summed E-state index contributed by atoms with van der Waals surface area (Å²) in [4.78, 5) is 8.54. The Morgan fingerprint density at radius 3 is 2.79 bits per heavy atom. The molecule has 1 aromatic heterocycles. The van der Waals surface area contributed by atoms with Crippen molar-refractivity contribution in [1.82, 2.24) is 20.8 Å². The molecular weight excluding hydrogens is 473 g/mol. The molecule has 1 heterocycles. The number of ether oxygens (including phenoxy) is 2. The van der Waals surface area contributed by atoms with Crippen LogP contribution in [0.4, 0.5) is 0 Å². The molecule has 28 heavy (non-hydrogen) atoms. The average Bonchev–Trinajstić information content (AvgIpc) is 3.15. The van der Waals surface area contributed by atoms with Gasteiger partial charge in [0.2, 0.25) is 5.89 Å². The van der Waals surface area contributed by atoms with Crippen molar-refractivity contribution >= 4 is 29.9 Å². The van der Waals surface area contributed by atoms with Crippen LogP contribution in [0.15, 0.2) is 27.7 Å². The Balaban J connectivity index is 0.00000392. The van der Waals surface area contributed by atoms with Gasteiger partial charge in [-0.2, -0.15) is 4.98 Å². The van der Waals surface area contributed by atoms with Gasteiger partial charge in [-0.25, -0.2) is 0 Å². The Labute approximate surface area is 183 Å². The van der Waals surface area contributed by atoms with Crippen molar-refractivity contribution in [3.63, 3.8) is 0 Å². The number of hydrogen-bond donors (Lipinski definition) is 2. The van der Waals surface area contributed by atoms with E-state index in [1.54, 1.807) is 14.2 Å². The first kappa shape index (κ1) is 24.2. The quantitative estimate of drug-likeness (QED) is 0.309. The number of aromatic nitrogens is 2. The number of aliphatic imine (C=N–C) groups is 1. The maximum absolute atomic E-state index is 5.46. The van der Waals surface area contributed by atoms with Crippen molar-refractivity contribution in [2.45, 2.75) is 39.8 Å². The van der Waals surface area contributed by atoms with E-state index >= 15 is 0 Å². The lowest BCUT2D eigenvalue weighted by atomic mass is 10.1. The Bertz CT molecular complexity index is 751. The van der Waals surface area contributed by atoms with Gasteiger partial charge >= 0.3 is 0 Å². The van der Waals surface area contributed by atoms with Crippen LogP contribution in [0.25, 0.3) is 0 Å². The van der Waals surface area contributed by atoms with E-state index in [0.29, 0.717) is 30.8 Å². The van der Waals surface area contributed by atoms with E-state index in [2.05, 4.69) is 44.0 Å². The third-order valence-corrected chi connectivity index (χ3v) is 4.07. The Hall–Kier alpha value is -1.88. The number of hydrogen-bond acceptors (Lipinski definition) is 6. The molecule has 2 N–H and O–H groups in total. The van der Waals surface area contributed by atoms with Crippen molar-refractivity contribution in [3.8, 4) is 5.75 Å². The largest absolute Gasteiger partial charge is 0.496 e. The van der Waals surface area contributed by atoms with Crippen LogP contribution in [0, 0.1) is 6.92 Å². The first-order chi connectivity index (χ1) is 13.1. The molecule has 0 aliphatic rings. The molecular formula is C19H30IN5O3. The van der Waals surface area contributed by atoms with Gasteiger partial charge in [0.25, 0.3) is 0 Å². The molecule has 9 heteroatoms. The second kappa shape index (κ2) is 12.6. The fourth-order valence-corrected chi connectivity index (χ4v) is 2.55. The van der Waals surface area contributed by atoms with Crippen LogP contribution in [0.2, 0.25) is 0 Å². The molecule has 0 saturated heterocycles. The SMILES string of the molecule is CCOC(C)c1noc(CNC(=NC)NCCc2ccc(C)c(OC)c2)n1.I. The maximum Gasteiger partial charge on any atom is 0.246 e. The smallest absolute Gasteiger partial charge is 0.246 e. The number of guanidine groups is 1. The maximum atomic E-state index is 5.46. The molecule has 2 aromatic rings. The van der Waals surface area contributed by atoms with E-state index in [1.165, 1.54) is 5.56 Å². The number of nitrogens with one attached hydrogen (secondary N) is 2. The first-order valence-corrected chi connectivity index (χ1v) is 9.09. The van der Waals surface area contributed by atoms with Gasteiger partial charge in [0, 0.05) is 20.2 Å². The van der Waals surface area contributed by atoms with Gasteiger partial charge in [0.15, 0.2) is 11.8 Å². The molecule has 0 radical (unpaired) electrons. The molecule has 0 bridgehead atoms. The predicted molar refractivity (Wildman–Crippen MR) is 119 cm³/mol. The lowest BCUT2D eigenvalue weighted by Crippen LogP contribution is -2.37. The number of rotatable bonds is 9. The van der Waals surface area contributed by atoms with Crippen molar-refractivity contribution in [3.05, 3.63) is 41.0 Å². The second-order valence-electron chi connectivity index (χ2n) is 6.05. The van der Waals surface area contributed by atoms with Crippen molar-refractivity contribution in [1.29, 1.82) is 0 Å². The molecule has 1 unspecified atom stereocenters. The van der Waals surface area contributed by atoms with Crippen LogP contribution in [-0.2, 0) is 17.7 Å². The molecule has 2 rings (SSSR count). The number of halogens is 1. The summed E-state index contributed by atoms with van der Waals surface area (Å²) in [5, 5.41) is 10.4. The standard InChI is InChI=1S/C19H29N5O3.HI/c1-6-26-14(3)18-23-17(27-24-18)12-22-19(20-4)21-10-9-15-8-7-13(2)16(11-15)25-5;/h7-8,11,14H,6,9-10,12H2,1-5H3,(H2,20,21,22);1H. The zero-order valence-electron chi connectivity index (χ0n) is 17.1. The highest BCUT2D eigenvalue weighted by atomic mass is 127. The highest BCUT2D eigenvalue weighted by Gasteiger charge is 2.13. The van der Waals surface area contributed by atoms with Crippen LogP contribution >= 0.6 is 24.0 Å². The minimum Gasteiger partial charge on any atom is -0.496 e. The average molecular weight is 503 g/mol. The summed E-state index contributed by atoms with van der Waals surface area (Å²) >= 11 is 0. The summed E-state index contributed by atoms with van der Waals surface area (Å²) in [5.41, 5.74) is 2.33. The monoisotopic (exact) mass is 503 g/mol. The van der Waals surface area contributed by atoms with Gasteiger partial charge < -0.3 is 24.6 Å². The molecule has 0 saturated carbocycles. The fourth-order valence-electron chi connectivity index (χ4n) is 2.55. The van der Waals surface area contributed by atoms with Crippen LogP contribution < -0.4 is 15.4 Å². The van der Waals surface area contributed by atoms with E-state index in [0.717, 1.165) is 24.3 Å². The third-order valence-electron chi connectivity index (χ3n) is 4.07. The number of methoxy groups -OCH3 is 1. The summed E-state index contributed by atoms with van der Waals surface area (Å²) < 4.78 is 16.1. The topological polar surface area (TPSA) is 93.8 Å². The summed E-state index contributed by atoms with van der Waals surface area (Å²) in [6, 6.07) is 6.24. The second-order valence-corrected chi connectivity index (χ2v) is 6.05. The van der Waals surface area contributed by atoms with Gasteiger partial charge in [-0.3, -0.25) is 4.99 Å². The lowest BCUT2D eigenvalue weighted by Gasteiger charge is -2.11. The van der Waals surface area contributed by atoms with E-state index in [4.69, 9.17) is 14.0 Å². The third kappa shape index (κ3) is 7.27. The van der Waals surface area contributed by atoms with Crippen LogP contribution in [0.3, 0.4) is 0 Å². The van der Waals surface area contributed by atoms with E-state index in [9.17, 15) is 0 Å². The summed E-state index contributed by atoms with van der Waals surface area (Å²) in [7, 11) is 3.41. The molecule has 0 fully saturated rings. The van der Waals surface area contributed by atoms with Crippen LogP contribution in [0.1, 0.15) is 42.8 Å². The molecule has 8 nitrogen and oxygen atoms in total. The molecule has 1 aromatic carbocycles. The summed E-state index contributed by atoms with van der Waals surface area (Å²) in [5.74, 6) is 2.61. The Kier molecular flexibility index (Phi) is 10.8. The zero-order chi connectivity index (χ0) is 19.6. The summed E-state index contributed by atoms with van der Waals surface area (Å²) in [6.07, 6.45) is 0.671. The van der Waals surface area contributed by atoms with Crippen molar-refractivity contribution in [2.24, 2.45) is 4.99 Å². The Morgan fingerprint density at radius 2 is 2.11 bits per heavy atom. The fraction of sp³-hybridized carbons (Fsp3) is 0.526.